The molecule has 0 bridgehead atoms. The number of hydrogen-bond acceptors (Lipinski definition) is 2. The lowest BCUT2D eigenvalue weighted by atomic mass is 9.33. The first kappa shape index (κ1) is 71.6. The van der Waals surface area contributed by atoms with Gasteiger partial charge in [-0.25, -0.2) is 0 Å². The number of para-hydroxylation sites is 2. The minimum atomic E-state index is -0.316. The highest BCUT2D eigenvalue weighted by Gasteiger charge is 2.46. The molecule has 5 heterocycles. The van der Waals surface area contributed by atoms with Crippen LogP contribution < -0.4 is 26.2 Å². The van der Waals surface area contributed by atoms with E-state index in [9.17, 15) is 0 Å². The number of nitrogens with zero attached hydrogens (tertiary/aromatic N) is 4. The molecule has 0 saturated heterocycles. The zero-order chi connectivity index (χ0) is 79.7. The summed E-state index contributed by atoms with van der Waals surface area (Å²) in [6.07, 6.45) is 0. The Balaban J connectivity index is 0.983. The van der Waals surface area contributed by atoms with Crippen molar-refractivity contribution in [3.8, 4) is 61.3 Å². The first-order valence-electron chi connectivity index (χ1n) is 41.6. The van der Waals surface area contributed by atoms with Gasteiger partial charge in [0.05, 0.1) is 44.6 Å². The van der Waals surface area contributed by atoms with Gasteiger partial charge in [0.15, 0.2) is 0 Å². The summed E-state index contributed by atoms with van der Waals surface area (Å²) in [7, 11) is 0. The first-order valence-corrected chi connectivity index (χ1v) is 41.6. The van der Waals surface area contributed by atoms with Crippen molar-refractivity contribution >= 4 is 139 Å². The average molecular weight is 1510 g/mol. The maximum absolute atomic E-state index is 2.74. The zero-order valence-electron chi connectivity index (χ0n) is 68.8. The van der Waals surface area contributed by atoms with Crippen LogP contribution in [0.15, 0.2) is 346 Å². The van der Waals surface area contributed by atoms with Gasteiger partial charge in [-0.3, -0.25) is 0 Å². The first-order chi connectivity index (χ1) is 56.6. The molecule has 564 valence electrons. The van der Waals surface area contributed by atoms with E-state index >= 15 is 0 Å². The minimum Gasteiger partial charge on any atom is -0.311 e. The molecule has 0 unspecified atom stereocenters. The molecule has 117 heavy (non-hydrogen) atoms. The lowest BCUT2D eigenvalue weighted by Crippen LogP contribution is -2.61. The second kappa shape index (κ2) is 26.7. The lowest BCUT2D eigenvalue weighted by molar-refractivity contribution is 0.589. The van der Waals surface area contributed by atoms with Crippen LogP contribution in [0.3, 0.4) is 0 Å². The monoisotopic (exact) mass is 1500 g/mol. The highest BCUT2D eigenvalue weighted by molar-refractivity contribution is 7.00. The van der Waals surface area contributed by atoms with Crippen molar-refractivity contribution in [3.63, 3.8) is 0 Å². The SMILES string of the molecule is CC(C)(C)c1ccc(-c2cc(C(C)(C)C)ccc2N2c3cc(-c4ccccc4)ccc3B3c4cc5c6ccccc6c6ccccc6c6cccc7c8ccccc8n(c5cc4N(c4ccc(C(C)(C)C)cc4-c4ccc(C(C)(C)C)cc4)c4cc(-n5c8ccc(-c9ccccc9)cc8c8cc(-c9ccccc9)ccc85)cc2c43)c67)cc1. The van der Waals surface area contributed by atoms with E-state index in [1.165, 1.54) is 131 Å². The Labute approximate surface area is 687 Å². The fourth-order valence-electron chi connectivity index (χ4n) is 19.3. The summed E-state index contributed by atoms with van der Waals surface area (Å²) in [5.74, 6) is 0. The molecule has 3 aromatic heterocycles. The van der Waals surface area contributed by atoms with Crippen LogP contribution in [0.1, 0.15) is 105 Å². The molecule has 0 amide bonds. The van der Waals surface area contributed by atoms with E-state index in [2.05, 4.69) is 448 Å². The molecule has 16 aromatic carbocycles. The number of anilines is 6. The Hall–Kier alpha value is -13.2. The van der Waals surface area contributed by atoms with Crippen molar-refractivity contribution in [1.29, 1.82) is 0 Å². The van der Waals surface area contributed by atoms with Crippen molar-refractivity contribution in [2.45, 2.75) is 105 Å². The van der Waals surface area contributed by atoms with Crippen LogP contribution in [-0.2, 0) is 21.7 Å². The predicted octanol–water partition coefficient (Wildman–Crippen LogP) is 29.0. The second-order valence-corrected chi connectivity index (χ2v) is 36.9. The van der Waals surface area contributed by atoms with E-state index in [0.29, 0.717) is 0 Å². The number of hydrogen-bond donors (Lipinski definition) is 0. The third-order valence-corrected chi connectivity index (χ3v) is 25.5. The Bertz CT molecular complexity index is 7220. The van der Waals surface area contributed by atoms with E-state index in [1.54, 1.807) is 0 Å². The smallest absolute Gasteiger partial charge is 0.252 e. The van der Waals surface area contributed by atoms with E-state index in [-0.39, 0.29) is 28.4 Å². The summed E-state index contributed by atoms with van der Waals surface area (Å²) in [4.78, 5) is 5.44. The van der Waals surface area contributed by atoms with Crippen molar-refractivity contribution in [2.24, 2.45) is 0 Å². The van der Waals surface area contributed by atoms with Crippen molar-refractivity contribution in [2.75, 3.05) is 9.80 Å². The van der Waals surface area contributed by atoms with Crippen molar-refractivity contribution in [3.05, 3.63) is 368 Å². The van der Waals surface area contributed by atoms with E-state index in [4.69, 9.17) is 0 Å². The number of benzene rings is 16. The molecule has 0 radical (unpaired) electrons. The predicted molar refractivity (Wildman–Crippen MR) is 504 cm³/mol. The van der Waals surface area contributed by atoms with Crippen LogP contribution in [-0.4, -0.2) is 15.7 Å². The number of fused-ring (bicyclic) bond motifs is 17. The highest BCUT2D eigenvalue weighted by Crippen LogP contribution is 2.54. The summed E-state index contributed by atoms with van der Waals surface area (Å²) in [6, 6.07) is 134. The maximum Gasteiger partial charge on any atom is 0.252 e. The van der Waals surface area contributed by atoms with Gasteiger partial charge in [0.25, 0.3) is 6.71 Å². The molecule has 2 aliphatic heterocycles. The summed E-state index contributed by atoms with van der Waals surface area (Å²) >= 11 is 0. The van der Waals surface area contributed by atoms with Crippen LogP contribution in [0.2, 0.25) is 0 Å². The molecule has 0 atom stereocenters. The van der Waals surface area contributed by atoms with Gasteiger partial charge in [-0.2, -0.15) is 0 Å². The molecule has 0 fully saturated rings. The molecule has 19 aromatic rings. The van der Waals surface area contributed by atoms with Gasteiger partial charge in [-0.05, 0) is 205 Å². The topological polar surface area (TPSA) is 15.8 Å². The van der Waals surface area contributed by atoms with Gasteiger partial charge in [0.1, 0.15) is 0 Å². The standard InChI is InChI=1S/C112H93BN4/c1-109(2,3)78-50-43-73(44-51-78)90-64-80(111(7,8)9)54-59-98(90)115-103-63-77(72-33-20-15-21-34-72)47-56-95(103)113-96-68-94-86-38-25-23-36-84(86)83-35-22-24-37-85(83)88-40-28-41-89-87-39-26-27-42-97(87)117(108(88)89)102(94)69-104(96)116(99-60-55-81(112(10,11)12)65-91(99)74-45-52-79(53-46-74)110(4,5)6)106-67-82(66-105(115)107(106)113)114-100-57-48-75(70-29-16-13-17-30-70)61-92(100)93-62-76(49-58-101(93)114)71-31-18-14-19-32-71/h13-69H,1-12H3. The van der Waals surface area contributed by atoms with Crippen molar-refractivity contribution in [1.82, 2.24) is 8.97 Å². The Kier molecular flexibility index (Phi) is 16.3. The molecule has 4 nitrogen and oxygen atoms in total. The van der Waals surface area contributed by atoms with Gasteiger partial charge in [-0.1, -0.05) is 350 Å². The van der Waals surface area contributed by atoms with Crippen LogP contribution in [0, 0.1) is 0 Å². The summed E-state index contributed by atoms with van der Waals surface area (Å²) < 4.78 is 5.24. The number of aromatic nitrogens is 2. The average Bonchev–Trinajstić information content (AvgIpc) is 1.17. The van der Waals surface area contributed by atoms with Gasteiger partial charge < -0.3 is 18.8 Å². The van der Waals surface area contributed by atoms with Crippen LogP contribution in [0.25, 0.3) is 143 Å². The maximum atomic E-state index is 2.74. The van der Waals surface area contributed by atoms with Crippen molar-refractivity contribution < 1.29 is 0 Å². The van der Waals surface area contributed by atoms with Gasteiger partial charge in [0, 0.05) is 66.2 Å². The normalized spacial score (nSPS) is 13.1. The lowest BCUT2D eigenvalue weighted by Gasteiger charge is -2.45. The van der Waals surface area contributed by atoms with Crippen LogP contribution in [0.5, 0.6) is 0 Å². The van der Waals surface area contributed by atoms with Crippen LogP contribution >= 0.6 is 0 Å². The van der Waals surface area contributed by atoms with Gasteiger partial charge >= 0.3 is 0 Å². The molecule has 5 heteroatoms. The third-order valence-electron chi connectivity index (χ3n) is 25.5. The molecule has 0 spiro atoms. The van der Waals surface area contributed by atoms with E-state index < -0.39 is 0 Å². The Morgan fingerprint density at radius 3 is 1.05 bits per heavy atom. The Morgan fingerprint density at radius 2 is 0.581 bits per heavy atom. The largest absolute Gasteiger partial charge is 0.311 e. The summed E-state index contributed by atoms with van der Waals surface area (Å²) in [6.45, 7) is 27.8. The summed E-state index contributed by atoms with van der Waals surface area (Å²) in [5.41, 5.74) is 33.4. The molecule has 0 aliphatic carbocycles. The zero-order valence-corrected chi connectivity index (χ0v) is 68.8. The fraction of sp³-hybridized carbons (Fsp3) is 0.143. The van der Waals surface area contributed by atoms with Gasteiger partial charge in [0.2, 0.25) is 0 Å². The van der Waals surface area contributed by atoms with E-state index in [1.807, 2.05) is 0 Å². The molecule has 0 N–H and O–H groups in total. The summed E-state index contributed by atoms with van der Waals surface area (Å²) in [5, 5.41) is 12.0. The third kappa shape index (κ3) is 11.7. The minimum absolute atomic E-state index is 0.0530. The van der Waals surface area contributed by atoms with Crippen LogP contribution in [0.4, 0.5) is 34.1 Å². The molecule has 0 saturated carbocycles. The molecular formula is C112H93BN4. The second-order valence-electron chi connectivity index (χ2n) is 36.9. The number of rotatable bonds is 8. The fourth-order valence-corrected chi connectivity index (χ4v) is 19.3. The van der Waals surface area contributed by atoms with Gasteiger partial charge in [-0.15, -0.1) is 0 Å². The Morgan fingerprint density at radius 1 is 0.214 bits per heavy atom. The quantitative estimate of drug-likeness (QED) is 0.141. The molecular weight excluding hydrogens is 1410 g/mol. The molecule has 21 rings (SSSR count). The highest BCUT2D eigenvalue weighted by atomic mass is 15.2. The van der Waals surface area contributed by atoms with E-state index in [0.717, 1.165) is 84.1 Å². The molecule has 2 aliphatic rings.